The third-order valence-electron chi connectivity index (χ3n) is 2.69. The molecule has 0 bridgehead atoms. The number of carbonyl (C=O) groups is 2. The third kappa shape index (κ3) is 5.22. The van der Waals surface area contributed by atoms with E-state index in [1.165, 1.54) is 0 Å². The average molecular weight is 263 g/mol. The Labute approximate surface area is 114 Å². The van der Waals surface area contributed by atoms with Gasteiger partial charge in [-0.2, -0.15) is 0 Å². The van der Waals surface area contributed by atoms with Gasteiger partial charge in [0.05, 0.1) is 19.1 Å². The van der Waals surface area contributed by atoms with Crippen LogP contribution in [-0.4, -0.2) is 30.9 Å². The van der Waals surface area contributed by atoms with Crippen molar-refractivity contribution in [1.82, 2.24) is 5.32 Å². The van der Waals surface area contributed by atoms with E-state index in [1.807, 2.05) is 25.1 Å². The van der Waals surface area contributed by atoms with Crippen LogP contribution in [0.2, 0.25) is 0 Å². The molecule has 0 aliphatic carbocycles. The van der Waals surface area contributed by atoms with Crippen molar-refractivity contribution in [3.63, 3.8) is 0 Å². The molecule has 1 N–H and O–H groups in total. The van der Waals surface area contributed by atoms with Crippen LogP contribution in [0.15, 0.2) is 30.3 Å². The Morgan fingerprint density at radius 3 is 2.47 bits per heavy atom. The fraction of sp³-hybridized carbons (Fsp3) is 0.467. The van der Waals surface area contributed by atoms with Crippen LogP contribution in [0.4, 0.5) is 0 Å². The van der Waals surface area contributed by atoms with Crippen molar-refractivity contribution in [3.8, 4) is 0 Å². The predicted molar refractivity (Wildman–Crippen MR) is 74.1 cm³/mol. The van der Waals surface area contributed by atoms with Crippen LogP contribution in [0.25, 0.3) is 0 Å². The number of hydrogen-bond acceptors (Lipinski definition) is 4. The molecule has 1 unspecified atom stereocenters. The van der Waals surface area contributed by atoms with Crippen LogP contribution in [0.5, 0.6) is 0 Å². The van der Waals surface area contributed by atoms with Crippen molar-refractivity contribution in [2.75, 3.05) is 13.2 Å². The summed E-state index contributed by atoms with van der Waals surface area (Å²) in [5.74, 6) is -0.414. The summed E-state index contributed by atoms with van der Waals surface area (Å²) in [6.07, 6.45) is 0.975. The lowest BCUT2D eigenvalue weighted by Crippen LogP contribution is -2.39. The Kier molecular flexibility index (Phi) is 6.82. The number of carbonyl (C=O) groups excluding carboxylic acids is 2. The van der Waals surface area contributed by atoms with E-state index in [0.29, 0.717) is 18.7 Å². The molecule has 4 heteroatoms. The van der Waals surface area contributed by atoms with Gasteiger partial charge in [0.2, 0.25) is 0 Å². The van der Waals surface area contributed by atoms with E-state index in [-0.39, 0.29) is 18.2 Å². The quantitative estimate of drug-likeness (QED) is 0.577. The molecule has 0 saturated carbocycles. The Hall–Kier alpha value is -1.68. The van der Waals surface area contributed by atoms with Gasteiger partial charge < -0.3 is 10.1 Å². The second-order valence-electron chi connectivity index (χ2n) is 4.25. The minimum absolute atomic E-state index is 0.0675. The second kappa shape index (κ2) is 8.43. The molecule has 4 nitrogen and oxygen atoms in total. The summed E-state index contributed by atoms with van der Waals surface area (Å²) < 4.78 is 4.91. The molecule has 1 aromatic carbocycles. The summed E-state index contributed by atoms with van der Waals surface area (Å²) in [5, 5.41) is 3.11. The predicted octanol–water partition coefficient (Wildman–Crippen LogP) is 2.19. The summed E-state index contributed by atoms with van der Waals surface area (Å²) in [4.78, 5) is 23.9. The maximum atomic E-state index is 12.3. The fourth-order valence-corrected chi connectivity index (χ4v) is 1.77. The third-order valence-corrected chi connectivity index (χ3v) is 2.69. The Bertz CT molecular complexity index is 403. The summed E-state index contributed by atoms with van der Waals surface area (Å²) >= 11 is 0. The van der Waals surface area contributed by atoms with E-state index in [1.54, 1.807) is 19.1 Å². The summed E-state index contributed by atoms with van der Waals surface area (Å²) in [5.41, 5.74) is 0.611. The largest absolute Gasteiger partial charge is 0.466 e. The number of Topliss-reactive ketones (excluding diaryl/α,β-unsaturated/α-hetero) is 1. The van der Waals surface area contributed by atoms with E-state index in [0.717, 1.165) is 6.42 Å². The number of ether oxygens (including phenoxy) is 1. The van der Waals surface area contributed by atoms with Crippen molar-refractivity contribution >= 4 is 11.8 Å². The first-order valence-corrected chi connectivity index (χ1v) is 6.67. The van der Waals surface area contributed by atoms with Gasteiger partial charge in [-0.3, -0.25) is 9.59 Å². The van der Waals surface area contributed by atoms with Gasteiger partial charge >= 0.3 is 5.97 Å². The molecule has 1 atom stereocenters. The van der Waals surface area contributed by atoms with Gasteiger partial charge in [-0.25, -0.2) is 0 Å². The van der Waals surface area contributed by atoms with E-state index in [4.69, 9.17) is 4.74 Å². The highest BCUT2D eigenvalue weighted by molar-refractivity contribution is 6.01. The lowest BCUT2D eigenvalue weighted by molar-refractivity contribution is -0.143. The van der Waals surface area contributed by atoms with Crippen LogP contribution in [-0.2, 0) is 9.53 Å². The molecular weight excluding hydrogens is 242 g/mol. The molecule has 0 aromatic heterocycles. The topological polar surface area (TPSA) is 55.4 Å². The lowest BCUT2D eigenvalue weighted by Gasteiger charge is -2.16. The normalized spacial score (nSPS) is 11.9. The molecule has 104 valence electrons. The van der Waals surface area contributed by atoms with E-state index in [2.05, 4.69) is 5.32 Å². The van der Waals surface area contributed by atoms with E-state index in [9.17, 15) is 9.59 Å². The van der Waals surface area contributed by atoms with Crippen LogP contribution in [0, 0.1) is 0 Å². The SMILES string of the molecule is CCCNC(CC(=O)OCC)C(=O)c1ccccc1. The molecule has 0 amide bonds. The van der Waals surface area contributed by atoms with Crippen molar-refractivity contribution in [2.45, 2.75) is 32.7 Å². The van der Waals surface area contributed by atoms with Crippen LogP contribution in [0.3, 0.4) is 0 Å². The zero-order valence-electron chi connectivity index (χ0n) is 11.5. The lowest BCUT2D eigenvalue weighted by atomic mass is 10.0. The molecule has 0 saturated heterocycles. The molecule has 19 heavy (non-hydrogen) atoms. The fourth-order valence-electron chi connectivity index (χ4n) is 1.77. The Balaban J connectivity index is 2.72. The minimum Gasteiger partial charge on any atom is -0.466 e. The highest BCUT2D eigenvalue weighted by atomic mass is 16.5. The van der Waals surface area contributed by atoms with Gasteiger partial charge in [-0.05, 0) is 19.9 Å². The van der Waals surface area contributed by atoms with E-state index >= 15 is 0 Å². The number of hydrogen-bond donors (Lipinski definition) is 1. The smallest absolute Gasteiger partial charge is 0.307 e. The molecule has 0 heterocycles. The first-order valence-electron chi connectivity index (χ1n) is 6.67. The van der Waals surface area contributed by atoms with Gasteiger partial charge in [-0.1, -0.05) is 37.3 Å². The van der Waals surface area contributed by atoms with Gasteiger partial charge in [0, 0.05) is 5.56 Å². The highest BCUT2D eigenvalue weighted by Crippen LogP contribution is 2.07. The van der Waals surface area contributed by atoms with Crippen LogP contribution in [0.1, 0.15) is 37.0 Å². The van der Waals surface area contributed by atoms with Gasteiger partial charge in [0.1, 0.15) is 0 Å². The molecule has 0 spiro atoms. The first-order chi connectivity index (χ1) is 9.19. The van der Waals surface area contributed by atoms with Gasteiger partial charge in [-0.15, -0.1) is 0 Å². The summed E-state index contributed by atoms with van der Waals surface area (Å²) in [6, 6.07) is 8.49. The number of esters is 1. The molecule has 0 aliphatic heterocycles. The average Bonchev–Trinajstić information content (AvgIpc) is 2.44. The molecule has 1 aromatic rings. The highest BCUT2D eigenvalue weighted by Gasteiger charge is 2.22. The van der Waals surface area contributed by atoms with Gasteiger partial charge in [0.25, 0.3) is 0 Å². The molecule has 1 rings (SSSR count). The van der Waals surface area contributed by atoms with Crippen molar-refractivity contribution in [3.05, 3.63) is 35.9 Å². The number of nitrogens with one attached hydrogen (secondary N) is 1. The Morgan fingerprint density at radius 2 is 1.89 bits per heavy atom. The molecular formula is C15H21NO3. The zero-order valence-corrected chi connectivity index (χ0v) is 11.5. The summed E-state index contributed by atoms with van der Waals surface area (Å²) in [7, 11) is 0. The number of rotatable bonds is 8. The van der Waals surface area contributed by atoms with E-state index < -0.39 is 6.04 Å². The second-order valence-corrected chi connectivity index (χ2v) is 4.25. The summed E-state index contributed by atoms with van der Waals surface area (Å²) in [6.45, 7) is 4.80. The monoisotopic (exact) mass is 263 g/mol. The van der Waals surface area contributed by atoms with Crippen molar-refractivity contribution in [2.24, 2.45) is 0 Å². The zero-order chi connectivity index (χ0) is 14.1. The number of ketones is 1. The standard InChI is InChI=1S/C15H21NO3/c1-3-10-16-13(11-14(17)19-4-2)15(18)12-8-6-5-7-9-12/h5-9,13,16H,3-4,10-11H2,1-2H3. The number of benzene rings is 1. The van der Waals surface area contributed by atoms with Crippen LogP contribution >= 0.6 is 0 Å². The molecule has 0 aliphatic rings. The maximum absolute atomic E-state index is 12.3. The van der Waals surface area contributed by atoms with Crippen LogP contribution < -0.4 is 5.32 Å². The first kappa shape index (κ1) is 15.4. The molecule has 0 fully saturated rings. The molecule has 0 radical (unpaired) electrons. The Morgan fingerprint density at radius 1 is 1.21 bits per heavy atom. The van der Waals surface area contributed by atoms with Crippen molar-refractivity contribution in [1.29, 1.82) is 0 Å². The van der Waals surface area contributed by atoms with Crippen molar-refractivity contribution < 1.29 is 14.3 Å². The van der Waals surface area contributed by atoms with Gasteiger partial charge in [0.15, 0.2) is 5.78 Å². The maximum Gasteiger partial charge on any atom is 0.307 e. The minimum atomic E-state index is -0.513.